The zero-order chi connectivity index (χ0) is 16.2. The number of hydrogen-bond donors (Lipinski definition) is 2. The second-order valence-corrected chi connectivity index (χ2v) is 4.90. The summed E-state index contributed by atoms with van der Waals surface area (Å²) in [5, 5.41) is 1.56. The zero-order valence-electron chi connectivity index (χ0n) is 10.6. The van der Waals surface area contributed by atoms with Gasteiger partial charge in [-0.05, 0) is 6.07 Å². The molecule has 0 spiro atoms. The van der Waals surface area contributed by atoms with Crippen LogP contribution in [-0.2, 0) is 0 Å². The SMILES string of the molecule is Nc1c2c(cc(=O)n1-c1c(F)cc(F)cc1Cl)C(=O)NC2=O. The summed E-state index contributed by atoms with van der Waals surface area (Å²) in [5.74, 6) is -4.12. The van der Waals surface area contributed by atoms with Crippen LogP contribution in [0.3, 0.4) is 0 Å². The predicted molar refractivity (Wildman–Crippen MR) is 73.2 cm³/mol. The van der Waals surface area contributed by atoms with E-state index in [1.807, 2.05) is 5.32 Å². The van der Waals surface area contributed by atoms with Crippen LogP contribution in [0.25, 0.3) is 5.69 Å². The van der Waals surface area contributed by atoms with E-state index in [4.69, 9.17) is 17.3 Å². The molecule has 0 aliphatic carbocycles. The molecule has 0 fully saturated rings. The average molecular weight is 326 g/mol. The molecule has 0 unspecified atom stereocenters. The third kappa shape index (κ3) is 1.88. The molecule has 1 aliphatic heterocycles. The van der Waals surface area contributed by atoms with Gasteiger partial charge in [-0.2, -0.15) is 0 Å². The van der Waals surface area contributed by atoms with Crippen LogP contribution in [0.5, 0.6) is 0 Å². The summed E-state index contributed by atoms with van der Waals surface area (Å²) < 4.78 is 27.7. The standard InChI is InChI=1S/C13H6ClF2N3O3/c14-6-1-4(15)2-7(16)10(6)19-8(20)3-5-9(11(19)17)13(22)18-12(5)21/h1-3H,17H2,(H,18,21,22). The molecule has 1 aromatic carbocycles. The molecule has 3 rings (SSSR count). The number of nitrogen functional groups attached to an aromatic ring is 1. The molecule has 3 N–H and O–H groups in total. The third-order valence-electron chi connectivity index (χ3n) is 3.16. The molecule has 0 saturated heterocycles. The number of halogens is 3. The number of anilines is 1. The molecule has 2 heterocycles. The molecule has 1 aromatic heterocycles. The number of imide groups is 1. The lowest BCUT2D eigenvalue weighted by atomic mass is 10.1. The number of amides is 2. The van der Waals surface area contributed by atoms with Gasteiger partial charge >= 0.3 is 0 Å². The van der Waals surface area contributed by atoms with Crippen LogP contribution < -0.4 is 16.6 Å². The first-order chi connectivity index (χ1) is 10.3. The van der Waals surface area contributed by atoms with Crippen LogP contribution in [0.1, 0.15) is 20.7 Å². The minimum atomic E-state index is -1.14. The van der Waals surface area contributed by atoms with Crippen molar-refractivity contribution < 1.29 is 18.4 Å². The second kappa shape index (κ2) is 4.63. The number of nitrogens with one attached hydrogen (secondary N) is 1. The van der Waals surface area contributed by atoms with Crippen LogP contribution in [0.15, 0.2) is 23.0 Å². The highest BCUT2D eigenvalue weighted by Gasteiger charge is 2.32. The minimum Gasteiger partial charge on any atom is -0.384 e. The Kier molecular flexibility index (Phi) is 2.99. The van der Waals surface area contributed by atoms with Crippen molar-refractivity contribution in [3.05, 3.63) is 56.3 Å². The number of benzene rings is 1. The minimum absolute atomic E-state index is 0.206. The number of carbonyl (C=O) groups is 2. The Balaban J connectivity index is 2.40. The number of hydrogen-bond acceptors (Lipinski definition) is 4. The van der Waals surface area contributed by atoms with Crippen LogP contribution in [-0.4, -0.2) is 16.4 Å². The smallest absolute Gasteiger partial charge is 0.262 e. The van der Waals surface area contributed by atoms with Crippen LogP contribution >= 0.6 is 11.6 Å². The van der Waals surface area contributed by atoms with Crippen molar-refractivity contribution in [3.63, 3.8) is 0 Å². The summed E-state index contributed by atoms with van der Waals surface area (Å²) >= 11 is 5.77. The average Bonchev–Trinajstić information content (AvgIpc) is 2.67. The highest BCUT2D eigenvalue weighted by atomic mass is 35.5. The highest BCUT2D eigenvalue weighted by molar-refractivity contribution is 6.32. The predicted octanol–water partition coefficient (Wildman–Crippen LogP) is 1.23. The number of nitrogens with zero attached hydrogens (tertiary/aromatic N) is 1. The van der Waals surface area contributed by atoms with Crippen molar-refractivity contribution >= 4 is 29.2 Å². The van der Waals surface area contributed by atoms with Gasteiger partial charge in [0, 0.05) is 12.1 Å². The number of carbonyl (C=O) groups excluding carboxylic acids is 2. The molecule has 0 atom stereocenters. The maximum Gasteiger partial charge on any atom is 0.262 e. The Hall–Kier alpha value is -2.74. The van der Waals surface area contributed by atoms with E-state index in [1.165, 1.54) is 0 Å². The quantitative estimate of drug-likeness (QED) is 0.771. The summed E-state index contributed by atoms with van der Waals surface area (Å²) in [4.78, 5) is 35.3. The number of pyridine rings is 1. The van der Waals surface area contributed by atoms with E-state index in [0.29, 0.717) is 10.6 Å². The van der Waals surface area contributed by atoms with Crippen molar-refractivity contribution in [2.24, 2.45) is 0 Å². The fourth-order valence-corrected chi connectivity index (χ4v) is 2.54. The van der Waals surface area contributed by atoms with E-state index in [-0.39, 0.29) is 11.1 Å². The van der Waals surface area contributed by atoms with E-state index in [9.17, 15) is 23.2 Å². The molecule has 112 valence electrons. The van der Waals surface area contributed by atoms with Gasteiger partial charge in [0.25, 0.3) is 17.4 Å². The van der Waals surface area contributed by atoms with Gasteiger partial charge in [0.05, 0.1) is 16.1 Å². The number of aromatic nitrogens is 1. The lowest BCUT2D eigenvalue weighted by Crippen LogP contribution is -2.25. The summed E-state index contributed by atoms with van der Waals surface area (Å²) in [6, 6.07) is 2.15. The third-order valence-corrected chi connectivity index (χ3v) is 3.45. The highest BCUT2D eigenvalue weighted by Crippen LogP contribution is 2.29. The molecule has 0 bridgehead atoms. The summed E-state index contributed by atoms with van der Waals surface area (Å²) in [6.07, 6.45) is 0. The van der Waals surface area contributed by atoms with E-state index < -0.39 is 45.5 Å². The fraction of sp³-hybridized carbons (Fsp3) is 0. The molecule has 1 aliphatic rings. The van der Waals surface area contributed by atoms with Gasteiger partial charge in [0.2, 0.25) is 0 Å². The summed E-state index contributed by atoms with van der Waals surface area (Å²) in [7, 11) is 0. The molecule has 2 aromatic rings. The Morgan fingerprint density at radius 2 is 1.77 bits per heavy atom. The molecule has 0 radical (unpaired) electrons. The Morgan fingerprint density at radius 1 is 1.09 bits per heavy atom. The molecule has 2 amide bonds. The maximum absolute atomic E-state index is 14.0. The van der Waals surface area contributed by atoms with Gasteiger partial charge in [-0.1, -0.05) is 11.6 Å². The lowest BCUT2D eigenvalue weighted by Gasteiger charge is -2.14. The molecule has 9 heteroatoms. The van der Waals surface area contributed by atoms with Crippen LogP contribution in [0.4, 0.5) is 14.6 Å². The van der Waals surface area contributed by atoms with Gasteiger partial charge in [0.1, 0.15) is 17.3 Å². The van der Waals surface area contributed by atoms with E-state index >= 15 is 0 Å². The number of rotatable bonds is 1. The van der Waals surface area contributed by atoms with E-state index in [2.05, 4.69) is 0 Å². The molecule has 22 heavy (non-hydrogen) atoms. The van der Waals surface area contributed by atoms with Crippen molar-refractivity contribution in [2.45, 2.75) is 0 Å². The van der Waals surface area contributed by atoms with Crippen molar-refractivity contribution in [1.29, 1.82) is 0 Å². The molecular weight excluding hydrogens is 320 g/mol. The largest absolute Gasteiger partial charge is 0.384 e. The topological polar surface area (TPSA) is 94.2 Å². The van der Waals surface area contributed by atoms with Crippen LogP contribution in [0.2, 0.25) is 5.02 Å². The zero-order valence-corrected chi connectivity index (χ0v) is 11.4. The molecular formula is C13H6ClF2N3O3. The number of fused-ring (bicyclic) bond motifs is 1. The van der Waals surface area contributed by atoms with Gasteiger partial charge in [-0.15, -0.1) is 0 Å². The first kappa shape index (κ1) is 14.2. The Bertz CT molecular complexity index is 900. The fourth-order valence-electron chi connectivity index (χ4n) is 2.26. The van der Waals surface area contributed by atoms with E-state index in [0.717, 1.165) is 12.1 Å². The van der Waals surface area contributed by atoms with Gasteiger partial charge in [-0.3, -0.25) is 24.3 Å². The Labute approximate surface area is 126 Å². The second-order valence-electron chi connectivity index (χ2n) is 4.49. The first-order valence-corrected chi connectivity index (χ1v) is 6.25. The van der Waals surface area contributed by atoms with Gasteiger partial charge in [-0.25, -0.2) is 8.78 Å². The van der Waals surface area contributed by atoms with Crippen LogP contribution in [0, 0.1) is 11.6 Å². The summed E-state index contributed by atoms with van der Waals surface area (Å²) in [5.41, 5.74) is 3.88. The van der Waals surface area contributed by atoms with Crippen molar-refractivity contribution in [3.8, 4) is 5.69 Å². The van der Waals surface area contributed by atoms with Gasteiger partial charge in [0.15, 0.2) is 5.82 Å². The van der Waals surface area contributed by atoms with Gasteiger partial charge < -0.3 is 5.73 Å². The normalized spacial score (nSPS) is 13.2. The first-order valence-electron chi connectivity index (χ1n) is 5.87. The van der Waals surface area contributed by atoms with Crippen molar-refractivity contribution in [1.82, 2.24) is 9.88 Å². The van der Waals surface area contributed by atoms with E-state index in [1.54, 1.807) is 0 Å². The Morgan fingerprint density at radius 3 is 2.41 bits per heavy atom. The monoisotopic (exact) mass is 325 g/mol. The lowest BCUT2D eigenvalue weighted by molar-refractivity contribution is 0.0880. The summed E-state index contributed by atoms with van der Waals surface area (Å²) in [6.45, 7) is 0. The van der Waals surface area contributed by atoms with Crippen molar-refractivity contribution in [2.75, 3.05) is 5.73 Å². The molecule has 6 nitrogen and oxygen atoms in total. The maximum atomic E-state index is 14.0. The molecule has 0 saturated carbocycles. The number of nitrogens with two attached hydrogens (primary N) is 1.